The minimum Gasteiger partial charge on any atom is -0.274 e. The van der Waals surface area contributed by atoms with Crippen molar-refractivity contribution in [3.8, 4) is 0 Å². The fraction of sp³-hybridized carbons (Fsp3) is 0.222. The van der Waals surface area contributed by atoms with E-state index in [4.69, 9.17) is 0 Å². The Kier molecular flexibility index (Phi) is 3.29. The van der Waals surface area contributed by atoms with Crippen molar-refractivity contribution in [2.45, 2.75) is 13.3 Å². The van der Waals surface area contributed by atoms with Crippen LogP contribution in [-0.4, -0.2) is 5.91 Å². The third-order valence-electron chi connectivity index (χ3n) is 1.43. The van der Waals surface area contributed by atoms with Gasteiger partial charge in [0.15, 0.2) is 0 Å². The Balaban J connectivity index is 2.78. The molecule has 1 rings (SSSR count). The van der Waals surface area contributed by atoms with Crippen LogP contribution < -0.4 is 3.93 Å². The molecule has 12 heavy (non-hydrogen) atoms. The number of hydrogen-bond acceptors (Lipinski definition) is 1. The topological polar surface area (TPSA) is 20.3 Å². The molecule has 0 unspecified atom stereocenters. The summed E-state index contributed by atoms with van der Waals surface area (Å²) in [6, 6.07) is 10.3. The van der Waals surface area contributed by atoms with E-state index in [9.17, 15) is 4.79 Å². The molecular weight excluding hydrogens is 218 g/mol. The van der Waals surface area contributed by atoms with Gasteiger partial charge in [-0.25, -0.2) is 3.93 Å². The lowest BCUT2D eigenvalue weighted by Crippen LogP contribution is -2.18. The predicted molar refractivity (Wildman–Crippen MR) is 52.0 cm³/mol. The van der Waals surface area contributed by atoms with Gasteiger partial charge in [-0.3, -0.25) is 4.79 Å². The second-order valence-corrected chi connectivity index (χ2v) is 2.99. The molecule has 1 aromatic rings. The van der Waals surface area contributed by atoms with E-state index in [1.165, 1.54) is 3.93 Å². The first-order chi connectivity index (χ1) is 5.75. The van der Waals surface area contributed by atoms with Crippen LogP contribution in [0.2, 0.25) is 0 Å². The first kappa shape index (κ1) is 9.26. The molecule has 0 atom stereocenters. The molecular formula is C9H9BrNO. The lowest BCUT2D eigenvalue weighted by Gasteiger charge is -2.12. The van der Waals surface area contributed by atoms with Crippen LogP contribution in [-0.2, 0) is 4.79 Å². The summed E-state index contributed by atoms with van der Waals surface area (Å²) >= 11 is 3.16. The number of para-hydroxylation sites is 1. The van der Waals surface area contributed by atoms with Gasteiger partial charge in [0.1, 0.15) is 0 Å². The Labute approximate surface area is 80.5 Å². The van der Waals surface area contributed by atoms with Gasteiger partial charge >= 0.3 is 0 Å². The van der Waals surface area contributed by atoms with Crippen LogP contribution in [0.1, 0.15) is 13.3 Å². The van der Waals surface area contributed by atoms with Crippen molar-refractivity contribution in [2.24, 2.45) is 0 Å². The largest absolute Gasteiger partial charge is 0.274 e. The van der Waals surface area contributed by atoms with E-state index in [2.05, 4.69) is 22.2 Å². The standard InChI is InChI=1S/C9H9BrNO/c1-2-9(12)11(10)8-6-4-3-5-7-8/h3-6H,2H2,1H3. The Morgan fingerprint density at radius 2 is 2.42 bits per heavy atom. The number of benzene rings is 1. The zero-order valence-electron chi connectivity index (χ0n) is 6.75. The Bertz CT molecular complexity index is 260. The Morgan fingerprint density at radius 3 is 2.92 bits per heavy atom. The number of halogens is 1. The zero-order chi connectivity index (χ0) is 8.97. The van der Waals surface area contributed by atoms with Gasteiger partial charge < -0.3 is 0 Å². The molecule has 3 heteroatoms. The van der Waals surface area contributed by atoms with Gasteiger partial charge in [0.05, 0.1) is 21.8 Å². The fourth-order valence-corrected chi connectivity index (χ4v) is 1.25. The summed E-state index contributed by atoms with van der Waals surface area (Å²) in [6.07, 6.45) is 0.480. The molecule has 0 bridgehead atoms. The van der Waals surface area contributed by atoms with Crippen molar-refractivity contribution in [3.05, 3.63) is 30.3 Å². The molecule has 0 saturated carbocycles. The molecule has 0 N–H and O–H groups in total. The maximum Gasteiger partial charge on any atom is 0.236 e. The number of nitrogens with zero attached hydrogens (tertiary/aromatic N) is 1. The summed E-state index contributed by atoms with van der Waals surface area (Å²) < 4.78 is 1.42. The second kappa shape index (κ2) is 4.26. The van der Waals surface area contributed by atoms with Crippen molar-refractivity contribution in [1.82, 2.24) is 0 Å². The predicted octanol–water partition coefficient (Wildman–Crippen LogP) is 2.54. The lowest BCUT2D eigenvalue weighted by atomic mass is 10.3. The van der Waals surface area contributed by atoms with Gasteiger partial charge in [-0.2, -0.15) is 0 Å². The Hall–Kier alpha value is -0.830. The van der Waals surface area contributed by atoms with Crippen molar-refractivity contribution in [1.29, 1.82) is 0 Å². The van der Waals surface area contributed by atoms with Crippen LogP contribution in [0.4, 0.5) is 5.69 Å². The summed E-state index contributed by atoms with van der Waals surface area (Å²) in [4.78, 5) is 11.2. The van der Waals surface area contributed by atoms with Crippen molar-refractivity contribution >= 4 is 27.7 Å². The SMILES string of the molecule is CCC(=O)N(Br)c1[c]cccc1. The minimum atomic E-state index is 0.0254. The van der Waals surface area contributed by atoms with Crippen molar-refractivity contribution in [2.75, 3.05) is 3.93 Å². The molecule has 1 radical (unpaired) electrons. The van der Waals surface area contributed by atoms with E-state index in [-0.39, 0.29) is 5.91 Å². The van der Waals surface area contributed by atoms with E-state index in [0.717, 1.165) is 5.69 Å². The highest BCUT2D eigenvalue weighted by molar-refractivity contribution is 9.10. The Morgan fingerprint density at radius 1 is 1.67 bits per heavy atom. The van der Waals surface area contributed by atoms with E-state index in [0.29, 0.717) is 6.42 Å². The smallest absolute Gasteiger partial charge is 0.236 e. The molecule has 0 heterocycles. The highest BCUT2D eigenvalue weighted by atomic mass is 79.9. The summed E-state index contributed by atoms with van der Waals surface area (Å²) in [6.45, 7) is 1.82. The molecule has 1 amide bonds. The number of hydrogen-bond donors (Lipinski definition) is 0. The van der Waals surface area contributed by atoms with Crippen molar-refractivity contribution < 1.29 is 4.79 Å². The third kappa shape index (κ3) is 2.08. The number of carbonyl (C=O) groups is 1. The maximum absolute atomic E-state index is 11.2. The number of amides is 1. The first-order valence-corrected chi connectivity index (χ1v) is 4.42. The molecule has 0 spiro atoms. The molecule has 0 saturated heterocycles. The van der Waals surface area contributed by atoms with Crippen LogP contribution in [0.15, 0.2) is 24.3 Å². The summed E-state index contributed by atoms with van der Waals surface area (Å²) in [5.74, 6) is 0.0254. The van der Waals surface area contributed by atoms with Crippen LogP contribution in [0.3, 0.4) is 0 Å². The monoisotopic (exact) mass is 226 g/mol. The van der Waals surface area contributed by atoms with Crippen LogP contribution in [0, 0.1) is 6.07 Å². The van der Waals surface area contributed by atoms with Gasteiger partial charge in [-0.1, -0.05) is 25.1 Å². The van der Waals surface area contributed by atoms with Crippen LogP contribution >= 0.6 is 16.1 Å². The lowest BCUT2D eigenvalue weighted by molar-refractivity contribution is -0.116. The second-order valence-electron chi connectivity index (χ2n) is 2.28. The first-order valence-electron chi connectivity index (χ1n) is 3.71. The average Bonchev–Trinajstić information content (AvgIpc) is 2.17. The van der Waals surface area contributed by atoms with Gasteiger partial charge in [0.25, 0.3) is 0 Å². The average molecular weight is 227 g/mol. The van der Waals surface area contributed by atoms with Gasteiger partial charge in [0.2, 0.25) is 5.91 Å². The highest BCUT2D eigenvalue weighted by Crippen LogP contribution is 2.17. The maximum atomic E-state index is 11.2. The van der Waals surface area contributed by atoms with Gasteiger partial charge in [-0.15, -0.1) is 0 Å². The van der Waals surface area contributed by atoms with E-state index < -0.39 is 0 Å². The van der Waals surface area contributed by atoms with E-state index >= 15 is 0 Å². The fourth-order valence-electron chi connectivity index (χ4n) is 0.779. The normalized spacial score (nSPS) is 9.50. The molecule has 0 fully saturated rings. The molecule has 2 nitrogen and oxygen atoms in total. The molecule has 0 aromatic heterocycles. The van der Waals surface area contributed by atoms with Crippen LogP contribution in [0.25, 0.3) is 0 Å². The number of anilines is 1. The summed E-state index contributed by atoms with van der Waals surface area (Å²) in [5, 5.41) is 0. The number of rotatable bonds is 2. The molecule has 0 aliphatic heterocycles. The van der Waals surface area contributed by atoms with Crippen LogP contribution in [0.5, 0.6) is 0 Å². The zero-order valence-corrected chi connectivity index (χ0v) is 8.34. The molecule has 0 aliphatic rings. The summed E-state index contributed by atoms with van der Waals surface area (Å²) in [5.41, 5.74) is 0.740. The third-order valence-corrected chi connectivity index (χ3v) is 2.20. The molecule has 63 valence electrons. The summed E-state index contributed by atoms with van der Waals surface area (Å²) in [7, 11) is 0. The van der Waals surface area contributed by atoms with E-state index in [1.807, 2.05) is 25.1 Å². The quantitative estimate of drug-likeness (QED) is 0.711. The number of carbonyl (C=O) groups excluding carboxylic acids is 1. The van der Waals surface area contributed by atoms with E-state index in [1.54, 1.807) is 6.07 Å². The molecule has 1 aromatic carbocycles. The van der Waals surface area contributed by atoms with Gasteiger partial charge in [-0.05, 0) is 6.07 Å². The molecule has 0 aliphatic carbocycles. The van der Waals surface area contributed by atoms with Crippen molar-refractivity contribution in [3.63, 3.8) is 0 Å². The highest BCUT2D eigenvalue weighted by Gasteiger charge is 2.08. The van der Waals surface area contributed by atoms with Gasteiger partial charge in [0, 0.05) is 12.5 Å². The minimum absolute atomic E-state index is 0.0254.